The molecule has 0 radical (unpaired) electrons. The first-order chi connectivity index (χ1) is 7.75. The van der Waals surface area contributed by atoms with Gasteiger partial charge >= 0.3 is 0 Å². The molecule has 2 fully saturated rings. The molecule has 2 aliphatic carbocycles. The molecular weight excluding hydrogens is 325 g/mol. The fourth-order valence-corrected chi connectivity index (χ4v) is 2.72. The Morgan fingerprint density at radius 2 is 1.94 bits per heavy atom. The molecule has 0 aromatic heterocycles. The van der Waals surface area contributed by atoms with E-state index < -0.39 is 0 Å². The van der Waals surface area contributed by atoms with Crippen molar-refractivity contribution in [3.63, 3.8) is 0 Å². The van der Waals surface area contributed by atoms with Gasteiger partial charge in [-0.1, -0.05) is 26.2 Å². The van der Waals surface area contributed by atoms with Crippen molar-refractivity contribution in [3.8, 4) is 0 Å². The van der Waals surface area contributed by atoms with Crippen LogP contribution in [0.4, 0.5) is 0 Å². The van der Waals surface area contributed by atoms with Crippen molar-refractivity contribution in [1.29, 1.82) is 0 Å². The minimum atomic E-state index is 0. The Morgan fingerprint density at radius 1 is 1.24 bits per heavy atom. The standard InChI is InChI=1S/C13H25N3.HI/c1-10-4-2-7-12(10)9-16-13(14)15-8-11-5-3-6-11;/h10-12H,2-9H2,1H3,(H3,14,15,16);1H. The zero-order valence-electron chi connectivity index (χ0n) is 10.8. The van der Waals surface area contributed by atoms with Crippen LogP contribution in [0.2, 0.25) is 0 Å². The van der Waals surface area contributed by atoms with Gasteiger partial charge in [-0.2, -0.15) is 0 Å². The number of guanidine groups is 1. The summed E-state index contributed by atoms with van der Waals surface area (Å²) < 4.78 is 0. The fourth-order valence-electron chi connectivity index (χ4n) is 2.72. The van der Waals surface area contributed by atoms with E-state index in [1.54, 1.807) is 0 Å². The molecular formula is C13H26IN3. The van der Waals surface area contributed by atoms with Gasteiger partial charge in [-0.05, 0) is 37.0 Å². The van der Waals surface area contributed by atoms with Gasteiger partial charge in [0.1, 0.15) is 0 Å². The minimum absolute atomic E-state index is 0. The monoisotopic (exact) mass is 351 g/mol. The molecule has 100 valence electrons. The number of aliphatic imine (C=N–C) groups is 1. The summed E-state index contributed by atoms with van der Waals surface area (Å²) in [7, 11) is 0. The highest BCUT2D eigenvalue weighted by molar-refractivity contribution is 14.0. The van der Waals surface area contributed by atoms with Crippen LogP contribution in [0.15, 0.2) is 4.99 Å². The first kappa shape index (κ1) is 15.1. The van der Waals surface area contributed by atoms with Crippen LogP contribution < -0.4 is 11.1 Å². The number of rotatable bonds is 4. The van der Waals surface area contributed by atoms with Crippen molar-refractivity contribution >= 4 is 29.9 Å². The molecule has 17 heavy (non-hydrogen) atoms. The average molecular weight is 351 g/mol. The SMILES string of the molecule is CC1CCCC1CNC(N)=NCC1CCC1.I. The number of hydrogen-bond donors (Lipinski definition) is 2. The third-order valence-electron chi connectivity index (χ3n) is 4.33. The Morgan fingerprint density at radius 3 is 2.47 bits per heavy atom. The summed E-state index contributed by atoms with van der Waals surface area (Å²) in [6, 6.07) is 0. The van der Waals surface area contributed by atoms with Gasteiger partial charge in [0.25, 0.3) is 0 Å². The molecule has 0 aromatic carbocycles. The van der Waals surface area contributed by atoms with Crippen LogP contribution in [0.1, 0.15) is 45.4 Å². The van der Waals surface area contributed by atoms with Crippen LogP contribution in [0.3, 0.4) is 0 Å². The molecule has 2 rings (SSSR count). The third-order valence-corrected chi connectivity index (χ3v) is 4.33. The van der Waals surface area contributed by atoms with E-state index in [4.69, 9.17) is 5.73 Å². The van der Waals surface area contributed by atoms with E-state index in [0.717, 1.165) is 30.8 Å². The highest BCUT2D eigenvalue weighted by Crippen LogP contribution is 2.30. The van der Waals surface area contributed by atoms with E-state index in [2.05, 4.69) is 17.2 Å². The van der Waals surface area contributed by atoms with Crippen molar-refractivity contribution in [3.05, 3.63) is 0 Å². The number of halogens is 1. The second-order valence-corrected chi connectivity index (χ2v) is 5.57. The summed E-state index contributed by atoms with van der Waals surface area (Å²) in [5.41, 5.74) is 5.86. The Hall–Kier alpha value is 0. The second-order valence-electron chi connectivity index (χ2n) is 5.57. The van der Waals surface area contributed by atoms with E-state index in [9.17, 15) is 0 Å². The van der Waals surface area contributed by atoms with Crippen LogP contribution in [0.5, 0.6) is 0 Å². The van der Waals surface area contributed by atoms with Crippen LogP contribution in [0.25, 0.3) is 0 Å². The molecule has 0 amide bonds. The first-order valence-electron chi connectivity index (χ1n) is 6.79. The lowest BCUT2D eigenvalue weighted by atomic mass is 9.86. The maximum atomic E-state index is 5.86. The maximum absolute atomic E-state index is 5.86. The van der Waals surface area contributed by atoms with Crippen molar-refractivity contribution in [2.75, 3.05) is 13.1 Å². The first-order valence-corrected chi connectivity index (χ1v) is 6.79. The number of nitrogens with two attached hydrogens (primary N) is 1. The predicted octanol–water partition coefficient (Wildman–Crippen LogP) is 2.75. The van der Waals surface area contributed by atoms with Crippen LogP contribution in [-0.2, 0) is 0 Å². The number of nitrogens with one attached hydrogen (secondary N) is 1. The summed E-state index contributed by atoms with van der Waals surface area (Å²) in [5.74, 6) is 3.13. The maximum Gasteiger partial charge on any atom is 0.188 e. The molecule has 0 aliphatic heterocycles. The van der Waals surface area contributed by atoms with Crippen LogP contribution in [0, 0.1) is 17.8 Å². The molecule has 0 heterocycles. The number of nitrogens with zero attached hydrogens (tertiary/aromatic N) is 1. The molecule has 2 aliphatic rings. The van der Waals surface area contributed by atoms with Gasteiger partial charge in [-0.3, -0.25) is 4.99 Å². The van der Waals surface area contributed by atoms with Crippen LogP contribution >= 0.6 is 24.0 Å². The lowest BCUT2D eigenvalue weighted by Crippen LogP contribution is -2.36. The van der Waals surface area contributed by atoms with Gasteiger partial charge in [0.15, 0.2) is 5.96 Å². The van der Waals surface area contributed by atoms with Gasteiger partial charge in [-0.25, -0.2) is 0 Å². The summed E-state index contributed by atoms with van der Waals surface area (Å²) in [5, 5.41) is 3.29. The van der Waals surface area contributed by atoms with Gasteiger partial charge in [-0.15, -0.1) is 24.0 Å². The molecule has 2 unspecified atom stereocenters. The molecule has 0 bridgehead atoms. The van der Waals surface area contributed by atoms with Crippen molar-refractivity contribution in [1.82, 2.24) is 5.32 Å². The van der Waals surface area contributed by atoms with E-state index in [0.29, 0.717) is 5.96 Å². The fraction of sp³-hybridized carbons (Fsp3) is 0.923. The van der Waals surface area contributed by atoms with Gasteiger partial charge in [0, 0.05) is 13.1 Å². The van der Waals surface area contributed by atoms with E-state index in [1.807, 2.05) is 0 Å². The summed E-state index contributed by atoms with van der Waals surface area (Å²) >= 11 is 0. The Kier molecular flexibility index (Phi) is 6.59. The van der Waals surface area contributed by atoms with Crippen LogP contribution in [-0.4, -0.2) is 19.0 Å². The van der Waals surface area contributed by atoms with E-state index >= 15 is 0 Å². The summed E-state index contributed by atoms with van der Waals surface area (Å²) in [4.78, 5) is 4.42. The zero-order valence-corrected chi connectivity index (χ0v) is 13.2. The highest BCUT2D eigenvalue weighted by Gasteiger charge is 2.23. The van der Waals surface area contributed by atoms with Gasteiger partial charge in [0.05, 0.1) is 0 Å². The molecule has 0 spiro atoms. The molecule has 4 heteroatoms. The van der Waals surface area contributed by atoms with E-state index in [-0.39, 0.29) is 24.0 Å². The normalized spacial score (nSPS) is 29.6. The highest BCUT2D eigenvalue weighted by atomic mass is 127. The molecule has 0 aromatic rings. The predicted molar refractivity (Wildman–Crippen MR) is 83.8 cm³/mol. The van der Waals surface area contributed by atoms with Crippen molar-refractivity contribution < 1.29 is 0 Å². The lowest BCUT2D eigenvalue weighted by molar-refractivity contribution is 0.326. The lowest BCUT2D eigenvalue weighted by Gasteiger charge is -2.23. The topological polar surface area (TPSA) is 50.4 Å². The molecule has 2 saturated carbocycles. The smallest absolute Gasteiger partial charge is 0.188 e. The van der Waals surface area contributed by atoms with Crippen molar-refractivity contribution in [2.45, 2.75) is 45.4 Å². The average Bonchev–Trinajstić information content (AvgIpc) is 2.59. The van der Waals surface area contributed by atoms with Crippen molar-refractivity contribution in [2.24, 2.45) is 28.5 Å². The summed E-state index contributed by atoms with van der Waals surface area (Å²) in [6.45, 7) is 4.29. The third kappa shape index (κ3) is 4.64. The Bertz CT molecular complexity index is 251. The molecule has 3 N–H and O–H groups in total. The quantitative estimate of drug-likeness (QED) is 0.465. The van der Waals surface area contributed by atoms with Gasteiger partial charge < -0.3 is 11.1 Å². The minimum Gasteiger partial charge on any atom is -0.370 e. The zero-order chi connectivity index (χ0) is 11.4. The number of hydrogen-bond acceptors (Lipinski definition) is 1. The molecule has 3 nitrogen and oxygen atoms in total. The van der Waals surface area contributed by atoms with Gasteiger partial charge in [0.2, 0.25) is 0 Å². The Labute approximate surface area is 122 Å². The largest absolute Gasteiger partial charge is 0.370 e. The van der Waals surface area contributed by atoms with E-state index in [1.165, 1.54) is 38.5 Å². The summed E-state index contributed by atoms with van der Waals surface area (Å²) in [6.07, 6.45) is 8.18. The molecule has 0 saturated heterocycles. The molecule has 2 atom stereocenters. The second kappa shape index (κ2) is 7.44. The Balaban J connectivity index is 0.00000144.